The zero-order chi connectivity index (χ0) is 18.0. The Hall–Kier alpha value is -1.13. The zero-order valence-electron chi connectivity index (χ0n) is 12.4. The lowest BCUT2D eigenvalue weighted by Gasteiger charge is -2.28. The van der Waals surface area contributed by atoms with E-state index < -0.39 is 24.6 Å². The minimum Gasteiger partial charge on any atom is -0.483 e. The van der Waals surface area contributed by atoms with Crippen molar-refractivity contribution in [1.82, 2.24) is 5.32 Å². The van der Waals surface area contributed by atoms with E-state index in [1.165, 1.54) is 18.2 Å². The van der Waals surface area contributed by atoms with Gasteiger partial charge in [-0.3, -0.25) is 4.79 Å². The van der Waals surface area contributed by atoms with Crippen LogP contribution in [0.3, 0.4) is 0 Å². The smallest absolute Gasteiger partial charge is 0.422 e. The van der Waals surface area contributed by atoms with Gasteiger partial charge in [-0.05, 0) is 53.6 Å². The highest BCUT2D eigenvalue weighted by Gasteiger charge is 2.35. The van der Waals surface area contributed by atoms with E-state index in [-0.39, 0.29) is 43.0 Å². The number of carbonyl (C=O) groups is 1. The van der Waals surface area contributed by atoms with Crippen molar-refractivity contribution in [2.24, 2.45) is 0 Å². The van der Waals surface area contributed by atoms with E-state index in [2.05, 4.69) is 10.1 Å². The maximum absolute atomic E-state index is 13.1. The van der Waals surface area contributed by atoms with Gasteiger partial charge >= 0.3 is 6.18 Å². The van der Waals surface area contributed by atoms with Crippen LogP contribution in [0.25, 0.3) is 0 Å². The third-order valence-electron chi connectivity index (χ3n) is 3.64. The van der Waals surface area contributed by atoms with Crippen LogP contribution in [0.5, 0.6) is 5.75 Å². The molecule has 24 heavy (non-hydrogen) atoms. The summed E-state index contributed by atoms with van der Waals surface area (Å²) in [5.74, 6) is -3.08. The highest BCUT2D eigenvalue weighted by atomic mass is 127. The van der Waals surface area contributed by atoms with E-state index in [4.69, 9.17) is 0 Å². The summed E-state index contributed by atoms with van der Waals surface area (Å²) >= 11 is 1.77. The molecule has 0 aliphatic heterocycles. The molecule has 1 aromatic rings. The molecule has 1 aromatic carbocycles. The van der Waals surface area contributed by atoms with Crippen molar-refractivity contribution >= 4 is 28.5 Å². The number of benzene rings is 1. The average molecular weight is 463 g/mol. The van der Waals surface area contributed by atoms with Gasteiger partial charge in [0.2, 0.25) is 5.92 Å². The lowest BCUT2D eigenvalue weighted by molar-refractivity contribution is -0.153. The van der Waals surface area contributed by atoms with Crippen molar-refractivity contribution in [2.75, 3.05) is 6.61 Å². The molecular weight excluding hydrogens is 448 g/mol. The summed E-state index contributed by atoms with van der Waals surface area (Å²) in [6.07, 6.45) is -4.58. The number of rotatable bonds is 4. The Morgan fingerprint density at radius 3 is 2.46 bits per heavy atom. The fourth-order valence-electron chi connectivity index (χ4n) is 2.37. The number of halogens is 6. The number of alkyl halides is 5. The van der Waals surface area contributed by atoms with Crippen LogP contribution in [0.15, 0.2) is 18.2 Å². The molecule has 1 fully saturated rings. The Bertz CT molecular complexity index is 596. The molecule has 0 saturated heterocycles. The molecule has 9 heteroatoms. The average Bonchev–Trinajstić information content (AvgIpc) is 2.47. The first-order chi connectivity index (χ1) is 11.1. The van der Waals surface area contributed by atoms with Gasteiger partial charge in [-0.15, -0.1) is 0 Å². The van der Waals surface area contributed by atoms with Gasteiger partial charge in [-0.25, -0.2) is 8.78 Å². The van der Waals surface area contributed by atoms with E-state index in [0.717, 1.165) is 0 Å². The topological polar surface area (TPSA) is 38.3 Å². The van der Waals surface area contributed by atoms with Gasteiger partial charge in [0, 0.05) is 24.4 Å². The van der Waals surface area contributed by atoms with Crippen molar-refractivity contribution in [3.63, 3.8) is 0 Å². The summed E-state index contributed by atoms with van der Waals surface area (Å²) in [7, 11) is 0. The van der Waals surface area contributed by atoms with Crippen LogP contribution in [-0.4, -0.2) is 30.7 Å². The molecule has 0 bridgehead atoms. The number of nitrogens with one attached hydrogen (secondary N) is 1. The second kappa shape index (κ2) is 7.40. The SMILES string of the molecule is O=C(NC1CCC(F)(F)CC1)c1ccc(OCC(F)(F)F)c(I)c1. The molecule has 0 heterocycles. The molecule has 1 N–H and O–H groups in total. The molecule has 1 aliphatic carbocycles. The van der Waals surface area contributed by atoms with Gasteiger partial charge in [0.25, 0.3) is 5.91 Å². The monoisotopic (exact) mass is 463 g/mol. The molecular formula is C15H15F5INO2. The highest BCUT2D eigenvalue weighted by Crippen LogP contribution is 2.33. The Morgan fingerprint density at radius 2 is 1.92 bits per heavy atom. The summed E-state index contributed by atoms with van der Waals surface area (Å²) in [6.45, 7) is -1.41. The van der Waals surface area contributed by atoms with Crippen LogP contribution in [0.4, 0.5) is 22.0 Å². The first-order valence-electron chi connectivity index (χ1n) is 7.23. The Morgan fingerprint density at radius 1 is 1.29 bits per heavy atom. The molecule has 3 nitrogen and oxygen atoms in total. The van der Waals surface area contributed by atoms with E-state index >= 15 is 0 Å². The minimum absolute atomic E-state index is 0.0294. The van der Waals surface area contributed by atoms with Gasteiger partial charge in [0.05, 0.1) is 3.57 Å². The predicted molar refractivity (Wildman–Crippen MR) is 85.4 cm³/mol. The summed E-state index contributed by atoms with van der Waals surface area (Å²) in [5, 5.41) is 2.68. The van der Waals surface area contributed by atoms with Crippen LogP contribution in [-0.2, 0) is 0 Å². The minimum atomic E-state index is -4.44. The van der Waals surface area contributed by atoms with Crippen LogP contribution in [0.2, 0.25) is 0 Å². The van der Waals surface area contributed by atoms with Gasteiger partial charge in [-0.1, -0.05) is 0 Å². The third kappa shape index (κ3) is 5.75. The first-order valence-corrected chi connectivity index (χ1v) is 8.31. The highest BCUT2D eigenvalue weighted by molar-refractivity contribution is 14.1. The lowest BCUT2D eigenvalue weighted by atomic mass is 9.92. The number of hydrogen-bond donors (Lipinski definition) is 1. The molecule has 1 amide bonds. The molecule has 1 aliphatic rings. The molecule has 2 rings (SSSR count). The summed E-state index contributed by atoms with van der Waals surface area (Å²) in [5.41, 5.74) is 0.246. The Labute approximate surface area is 149 Å². The van der Waals surface area contributed by atoms with Crippen molar-refractivity contribution in [2.45, 2.75) is 43.8 Å². The first kappa shape index (κ1) is 19.2. The normalized spacial score (nSPS) is 18.2. The van der Waals surface area contributed by atoms with E-state index in [9.17, 15) is 26.7 Å². The van der Waals surface area contributed by atoms with E-state index in [1.54, 1.807) is 22.6 Å². The van der Waals surface area contributed by atoms with Crippen LogP contribution < -0.4 is 10.1 Å². The Balaban J connectivity index is 1.94. The lowest BCUT2D eigenvalue weighted by Crippen LogP contribution is -2.40. The predicted octanol–water partition coefficient (Wildman–Crippen LogP) is 4.54. The number of carbonyl (C=O) groups excluding carboxylic acids is 1. The van der Waals surface area contributed by atoms with Gasteiger partial charge in [-0.2, -0.15) is 13.2 Å². The molecule has 0 atom stereocenters. The van der Waals surface area contributed by atoms with Crippen LogP contribution >= 0.6 is 22.6 Å². The van der Waals surface area contributed by atoms with Crippen LogP contribution in [0.1, 0.15) is 36.0 Å². The number of hydrogen-bond acceptors (Lipinski definition) is 2. The summed E-state index contributed by atoms with van der Waals surface area (Å²) in [6, 6.07) is 3.72. The molecule has 0 aromatic heterocycles. The maximum Gasteiger partial charge on any atom is 0.422 e. The number of ether oxygens (including phenoxy) is 1. The van der Waals surface area contributed by atoms with Crippen molar-refractivity contribution in [3.8, 4) is 5.75 Å². The maximum atomic E-state index is 13.1. The van der Waals surface area contributed by atoms with Crippen molar-refractivity contribution in [3.05, 3.63) is 27.3 Å². The quantitative estimate of drug-likeness (QED) is 0.526. The number of amides is 1. The Kier molecular flexibility index (Phi) is 5.92. The van der Waals surface area contributed by atoms with Gasteiger partial charge in [0.15, 0.2) is 6.61 Å². The second-order valence-corrected chi connectivity index (χ2v) is 6.81. The fraction of sp³-hybridized carbons (Fsp3) is 0.533. The summed E-state index contributed by atoms with van der Waals surface area (Å²) in [4.78, 5) is 12.1. The molecule has 134 valence electrons. The van der Waals surface area contributed by atoms with E-state index in [0.29, 0.717) is 3.57 Å². The fourth-order valence-corrected chi connectivity index (χ4v) is 3.04. The molecule has 0 spiro atoms. The largest absolute Gasteiger partial charge is 0.483 e. The van der Waals surface area contributed by atoms with Gasteiger partial charge < -0.3 is 10.1 Å². The molecule has 1 saturated carbocycles. The molecule has 0 radical (unpaired) electrons. The molecule has 0 unspecified atom stereocenters. The van der Waals surface area contributed by atoms with Crippen molar-refractivity contribution < 1.29 is 31.5 Å². The second-order valence-electron chi connectivity index (χ2n) is 5.65. The standard InChI is InChI=1S/C15H15F5INO2/c16-14(17)5-3-10(4-6-14)22-13(23)9-1-2-12(11(21)7-9)24-8-15(18,19)20/h1-2,7,10H,3-6,8H2,(H,22,23). The zero-order valence-corrected chi connectivity index (χ0v) is 14.6. The third-order valence-corrected chi connectivity index (χ3v) is 4.48. The van der Waals surface area contributed by atoms with Gasteiger partial charge in [0.1, 0.15) is 5.75 Å². The van der Waals surface area contributed by atoms with Crippen molar-refractivity contribution in [1.29, 1.82) is 0 Å². The van der Waals surface area contributed by atoms with E-state index in [1.807, 2.05) is 0 Å². The van der Waals surface area contributed by atoms with Crippen LogP contribution in [0, 0.1) is 3.57 Å². The summed E-state index contributed by atoms with van der Waals surface area (Å²) < 4.78 is 67.6.